The van der Waals surface area contributed by atoms with E-state index < -0.39 is 0 Å². The van der Waals surface area contributed by atoms with Crippen molar-refractivity contribution < 1.29 is 4.79 Å². The van der Waals surface area contributed by atoms with Crippen LogP contribution in [0.5, 0.6) is 0 Å². The van der Waals surface area contributed by atoms with E-state index in [9.17, 15) is 4.79 Å². The number of nitrogens with zero attached hydrogens (tertiary/aromatic N) is 1. The molecule has 1 amide bonds. The molecule has 0 aromatic heterocycles. The third kappa shape index (κ3) is 2.81. The maximum atomic E-state index is 12.3. The molecular weight excluding hydrogens is 236 g/mol. The number of carbonyl (C=O) groups is 1. The first-order valence-corrected chi connectivity index (χ1v) is 7.39. The highest BCUT2D eigenvalue weighted by Crippen LogP contribution is 2.31. The quantitative estimate of drug-likeness (QED) is 0.882. The number of benzene rings is 1. The van der Waals surface area contributed by atoms with Crippen molar-refractivity contribution in [2.24, 2.45) is 5.92 Å². The van der Waals surface area contributed by atoms with Gasteiger partial charge in [0.25, 0.3) is 0 Å². The number of hydrogen-bond donors (Lipinski definition) is 1. The van der Waals surface area contributed by atoms with Gasteiger partial charge in [-0.15, -0.1) is 0 Å². The van der Waals surface area contributed by atoms with Crippen LogP contribution < -0.4 is 5.32 Å². The summed E-state index contributed by atoms with van der Waals surface area (Å²) >= 11 is 0. The van der Waals surface area contributed by atoms with Gasteiger partial charge >= 0.3 is 0 Å². The molecule has 0 saturated carbocycles. The molecule has 3 rings (SSSR count). The first-order chi connectivity index (χ1) is 9.34. The van der Waals surface area contributed by atoms with E-state index in [-0.39, 0.29) is 0 Å². The Kier molecular flexibility index (Phi) is 3.83. The summed E-state index contributed by atoms with van der Waals surface area (Å²) < 4.78 is 0. The number of hydrogen-bond acceptors (Lipinski definition) is 2. The number of fused-ring (bicyclic) bond motifs is 1. The Bertz CT molecular complexity index is 432. The fourth-order valence-electron chi connectivity index (χ4n) is 3.46. The Morgan fingerprint density at radius 1 is 1.11 bits per heavy atom. The number of nitrogens with one attached hydrogen (secondary N) is 1. The molecule has 102 valence electrons. The van der Waals surface area contributed by atoms with Crippen molar-refractivity contribution in [2.75, 3.05) is 13.1 Å². The molecule has 2 heterocycles. The second-order valence-electron chi connectivity index (χ2n) is 5.70. The van der Waals surface area contributed by atoms with Crippen molar-refractivity contribution in [1.82, 2.24) is 10.2 Å². The first-order valence-electron chi connectivity index (χ1n) is 7.39. The molecule has 2 atom stereocenters. The molecule has 0 aliphatic carbocycles. The largest absolute Gasteiger partial charge is 0.335 e. The lowest BCUT2D eigenvalue weighted by Gasteiger charge is -2.40. The topological polar surface area (TPSA) is 32.3 Å². The SMILES string of the molecule is O=C1CCC2CCNCCC2N1Cc1ccccc1. The second kappa shape index (κ2) is 5.74. The van der Waals surface area contributed by atoms with Gasteiger partial charge in [0, 0.05) is 19.0 Å². The molecule has 3 heteroatoms. The van der Waals surface area contributed by atoms with Crippen LogP contribution in [0.4, 0.5) is 0 Å². The summed E-state index contributed by atoms with van der Waals surface area (Å²) in [7, 11) is 0. The lowest BCUT2D eigenvalue weighted by Crippen LogP contribution is -2.48. The minimum absolute atomic E-state index is 0.340. The van der Waals surface area contributed by atoms with Crippen LogP contribution in [0.1, 0.15) is 31.2 Å². The van der Waals surface area contributed by atoms with E-state index in [0.29, 0.717) is 17.9 Å². The van der Waals surface area contributed by atoms with E-state index >= 15 is 0 Å². The molecule has 0 bridgehead atoms. The van der Waals surface area contributed by atoms with Crippen LogP contribution in [0.25, 0.3) is 0 Å². The predicted molar refractivity (Wildman–Crippen MR) is 75.6 cm³/mol. The molecule has 1 aromatic carbocycles. The van der Waals surface area contributed by atoms with Gasteiger partial charge in [0.2, 0.25) is 5.91 Å². The van der Waals surface area contributed by atoms with E-state index in [2.05, 4.69) is 34.5 Å². The Labute approximate surface area is 115 Å². The first kappa shape index (κ1) is 12.7. The fourth-order valence-corrected chi connectivity index (χ4v) is 3.46. The van der Waals surface area contributed by atoms with Gasteiger partial charge in [0.15, 0.2) is 0 Å². The highest BCUT2D eigenvalue weighted by molar-refractivity contribution is 5.77. The summed E-state index contributed by atoms with van der Waals surface area (Å²) in [5.41, 5.74) is 1.24. The summed E-state index contributed by atoms with van der Waals surface area (Å²) in [6, 6.07) is 10.8. The number of likely N-dealkylation sites (tertiary alicyclic amines) is 1. The summed E-state index contributed by atoms with van der Waals surface area (Å²) in [6.07, 6.45) is 4.12. The standard InChI is InChI=1S/C16H22N2O/c19-16-7-6-14-8-10-17-11-9-15(14)18(16)12-13-4-2-1-3-5-13/h1-5,14-15,17H,6-12H2. The Balaban J connectivity index is 1.78. The fraction of sp³-hybridized carbons (Fsp3) is 0.562. The van der Waals surface area contributed by atoms with Crippen LogP contribution in [0.15, 0.2) is 30.3 Å². The number of piperidine rings is 1. The van der Waals surface area contributed by atoms with Gasteiger partial charge in [0.1, 0.15) is 0 Å². The zero-order valence-corrected chi connectivity index (χ0v) is 11.3. The van der Waals surface area contributed by atoms with E-state index in [0.717, 1.165) is 38.9 Å². The molecule has 1 aromatic rings. The van der Waals surface area contributed by atoms with Crippen LogP contribution in [-0.2, 0) is 11.3 Å². The average molecular weight is 258 g/mol. The number of rotatable bonds is 2. The van der Waals surface area contributed by atoms with Gasteiger partial charge in [-0.1, -0.05) is 30.3 Å². The van der Waals surface area contributed by atoms with Gasteiger partial charge in [-0.05, 0) is 43.8 Å². The van der Waals surface area contributed by atoms with Crippen LogP contribution in [-0.4, -0.2) is 29.9 Å². The van der Waals surface area contributed by atoms with Crippen molar-refractivity contribution in [3.05, 3.63) is 35.9 Å². The zero-order valence-electron chi connectivity index (χ0n) is 11.3. The van der Waals surface area contributed by atoms with Gasteiger partial charge in [-0.25, -0.2) is 0 Å². The maximum Gasteiger partial charge on any atom is 0.223 e. The van der Waals surface area contributed by atoms with Crippen LogP contribution in [0, 0.1) is 5.92 Å². The van der Waals surface area contributed by atoms with Crippen LogP contribution in [0.3, 0.4) is 0 Å². The smallest absolute Gasteiger partial charge is 0.223 e. The summed E-state index contributed by atoms with van der Waals surface area (Å²) in [6.45, 7) is 2.93. The van der Waals surface area contributed by atoms with Gasteiger partial charge < -0.3 is 10.2 Å². The van der Waals surface area contributed by atoms with E-state index in [1.165, 1.54) is 12.0 Å². The molecule has 2 fully saturated rings. The lowest BCUT2D eigenvalue weighted by molar-refractivity contribution is -0.139. The molecule has 2 aliphatic heterocycles. The van der Waals surface area contributed by atoms with Crippen molar-refractivity contribution in [3.8, 4) is 0 Å². The van der Waals surface area contributed by atoms with E-state index in [1.54, 1.807) is 0 Å². The predicted octanol–water partition coefficient (Wildman–Crippen LogP) is 2.18. The van der Waals surface area contributed by atoms with Crippen molar-refractivity contribution in [1.29, 1.82) is 0 Å². The summed E-state index contributed by atoms with van der Waals surface area (Å²) in [5, 5.41) is 3.46. The van der Waals surface area contributed by atoms with E-state index in [4.69, 9.17) is 0 Å². The number of carbonyl (C=O) groups excluding carboxylic acids is 1. The lowest BCUT2D eigenvalue weighted by atomic mass is 9.85. The highest BCUT2D eigenvalue weighted by Gasteiger charge is 2.35. The molecule has 19 heavy (non-hydrogen) atoms. The second-order valence-corrected chi connectivity index (χ2v) is 5.70. The molecule has 3 nitrogen and oxygen atoms in total. The third-order valence-corrected chi connectivity index (χ3v) is 4.50. The minimum atomic E-state index is 0.340. The summed E-state index contributed by atoms with van der Waals surface area (Å²) in [5.74, 6) is 1.03. The molecule has 1 N–H and O–H groups in total. The minimum Gasteiger partial charge on any atom is -0.335 e. The van der Waals surface area contributed by atoms with Crippen LogP contribution in [0.2, 0.25) is 0 Å². The Hall–Kier alpha value is -1.35. The highest BCUT2D eigenvalue weighted by atomic mass is 16.2. The van der Waals surface area contributed by atoms with Crippen molar-refractivity contribution in [3.63, 3.8) is 0 Å². The molecule has 2 unspecified atom stereocenters. The normalized spacial score (nSPS) is 27.8. The van der Waals surface area contributed by atoms with Gasteiger partial charge in [-0.3, -0.25) is 4.79 Å². The molecular formula is C16H22N2O. The zero-order chi connectivity index (χ0) is 13.1. The monoisotopic (exact) mass is 258 g/mol. The summed E-state index contributed by atoms with van der Waals surface area (Å²) in [4.78, 5) is 14.4. The van der Waals surface area contributed by atoms with E-state index in [1.807, 2.05) is 6.07 Å². The molecule has 2 saturated heterocycles. The van der Waals surface area contributed by atoms with Crippen LogP contribution >= 0.6 is 0 Å². The molecule has 0 spiro atoms. The van der Waals surface area contributed by atoms with Gasteiger partial charge in [-0.2, -0.15) is 0 Å². The third-order valence-electron chi connectivity index (χ3n) is 4.50. The molecule has 0 radical (unpaired) electrons. The maximum absolute atomic E-state index is 12.3. The Morgan fingerprint density at radius 2 is 1.89 bits per heavy atom. The number of amides is 1. The van der Waals surface area contributed by atoms with Crippen molar-refractivity contribution in [2.45, 2.75) is 38.3 Å². The van der Waals surface area contributed by atoms with Gasteiger partial charge in [0.05, 0.1) is 0 Å². The van der Waals surface area contributed by atoms with Crippen molar-refractivity contribution >= 4 is 5.91 Å². The Morgan fingerprint density at radius 3 is 2.74 bits per heavy atom. The molecule has 2 aliphatic rings. The average Bonchev–Trinajstić information content (AvgIpc) is 2.69.